The number of esters is 1. The van der Waals surface area contributed by atoms with Crippen molar-refractivity contribution in [3.05, 3.63) is 83.2 Å². The third kappa shape index (κ3) is 5.07. The summed E-state index contributed by atoms with van der Waals surface area (Å²) in [5.41, 5.74) is 3.92. The second kappa shape index (κ2) is 10.3. The first-order valence-corrected chi connectivity index (χ1v) is 9.74. The first-order valence-electron chi connectivity index (χ1n) is 9.74. The van der Waals surface area contributed by atoms with Crippen LogP contribution >= 0.6 is 0 Å². The number of aromatic nitrogens is 1. The van der Waals surface area contributed by atoms with E-state index in [9.17, 15) is 10.1 Å². The third-order valence-electron chi connectivity index (χ3n) is 4.65. The predicted octanol–water partition coefficient (Wildman–Crippen LogP) is 4.29. The van der Waals surface area contributed by atoms with Crippen LogP contribution in [0.1, 0.15) is 34.0 Å². The topological polar surface area (TPSA) is 73.5 Å². The van der Waals surface area contributed by atoms with E-state index in [2.05, 4.69) is 18.2 Å². The van der Waals surface area contributed by atoms with Gasteiger partial charge in [0.25, 0.3) is 0 Å². The van der Waals surface area contributed by atoms with Gasteiger partial charge in [0.05, 0.1) is 12.2 Å². The van der Waals surface area contributed by atoms with Crippen molar-refractivity contribution in [2.75, 3.05) is 20.5 Å². The van der Waals surface area contributed by atoms with Crippen molar-refractivity contribution in [3.8, 4) is 17.5 Å². The molecule has 1 aromatic heterocycles. The Morgan fingerprint density at radius 1 is 1.10 bits per heavy atom. The van der Waals surface area contributed by atoms with Gasteiger partial charge in [0.2, 0.25) is 0 Å². The number of nitrogens with zero attached hydrogens (tertiary/aromatic N) is 2. The molecule has 2 aromatic carbocycles. The van der Waals surface area contributed by atoms with E-state index in [1.165, 1.54) is 12.7 Å². The summed E-state index contributed by atoms with van der Waals surface area (Å²) in [6, 6.07) is 17.6. The summed E-state index contributed by atoms with van der Waals surface area (Å²) in [4.78, 5) is 12.2. The van der Waals surface area contributed by atoms with E-state index in [1.54, 1.807) is 31.3 Å². The van der Waals surface area contributed by atoms with Crippen LogP contribution in [0, 0.1) is 11.3 Å². The molecule has 0 spiro atoms. The molecule has 0 aliphatic carbocycles. The van der Waals surface area contributed by atoms with Gasteiger partial charge in [0, 0.05) is 31.3 Å². The quantitative estimate of drug-likeness (QED) is 0.393. The fourth-order valence-corrected chi connectivity index (χ4v) is 3.16. The van der Waals surface area contributed by atoms with Crippen molar-refractivity contribution in [3.63, 3.8) is 0 Å². The molecule has 154 valence electrons. The molecule has 0 aliphatic heterocycles. The number of ether oxygens (including phenoxy) is 3. The zero-order valence-corrected chi connectivity index (χ0v) is 17.1. The Bertz CT molecular complexity index is 1040. The first kappa shape index (κ1) is 21.2. The van der Waals surface area contributed by atoms with Gasteiger partial charge in [-0.3, -0.25) is 0 Å². The van der Waals surface area contributed by atoms with Crippen LogP contribution < -0.4 is 4.74 Å². The molecule has 3 aromatic rings. The van der Waals surface area contributed by atoms with E-state index >= 15 is 0 Å². The van der Waals surface area contributed by atoms with Crippen LogP contribution in [-0.4, -0.2) is 31.0 Å². The molecular weight excluding hydrogens is 380 g/mol. The van der Waals surface area contributed by atoms with Gasteiger partial charge in [-0.1, -0.05) is 30.3 Å². The Morgan fingerprint density at radius 2 is 1.90 bits per heavy atom. The van der Waals surface area contributed by atoms with Gasteiger partial charge in [0.15, 0.2) is 6.79 Å². The van der Waals surface area contributed by atoms with Gasteiger partial charge < -0.3 is 18.8 Å². The Kier molecular flexibility index (Phi) is 7.25. The lowest BCUT2D eigenvalue weighted by Gasteiger charge is -2.12. The maximum Gasteiger partial charge on any atom is 0.341 e. The highest BCUT2D eigenvalue weighted by molar-refractivity contribution is 5.92. The van der Waals surface area contributed by atoms with Crippen LogP contribution in [0.4, 0.5) is 0 Å². The second-order valence-electron chi connectivity index (χ2n) is 6.65. The van der Waals surface area contributed by atoms with Gasteiger partial charge in [-0.25, -0.2) is 4.79 Å². The van der Waals surface area contributed by atoms with Gasteiger partial charge in [-0.2, -0.15) is 5.26 Å². The lowest BCUT2D eigenvalue weighted by Crippen LogP contribution is -2.10. The van der Waals surface area contributed by atoms with Crippen LogP contribution in [0.5, 0.6) is 5.75 Å². The fraction of sp³-hybridized carbons (Fsp3) is 0.250. The third-order valence-corrected chi connectivity index (χ3v) is 4.65. The number of aryl methyl sites for hydroxylation is 2. The summed E-state index contributed by atoms with van der Waals surface area (Å²) in [6.45, 7) is 2.04. The highest BCUT2D eigenvalue weighted by Gasteiger charge is 2.16. The van der Waals surface area contributed by atoms with Gasteiger partial charge in [0.1, 0.15) is 17.4 Å². The SMILES string of the molecule is CCOC(=O)c1ccc(-n2cc(C#N)c(CCc3ccccc3)c2)cc1OCOC. The van der Waals surface area contributed by atoms with Gasteiger partial charge >= 0.3 is 5.97 Å². The minimum atomic E-state index is -0.455. The average Bonchev–Trinajstić information content (AvgIpc) is 3.20. The van der Waals surface area contributed by atoms with Crippen LogP contribution in [0.2, 0.25) is 0 Å². The lowest BCUT2D eigenvalue weighted by molar-refractivity contribution is 0.0438. The van der Waals surface area contributed by atoms with Crippen molar-refractivity contribution < 1.29 is 19.0 Å². The smallest absolute Gasteiger partial charge is 0.341 e. The van der Waals surface area contributed by atoms with Crippen LogP contribution in [-0.2, 0) is 22.3 Å². The van der Waals surface area contributed by atoms with Crippen molar-refractivity contribution in [2.45, 2.75) is 19.8 Å². The van der Waals surface area contributed by atoms with Gasteiger partial charge in [-0.05, 0) is 43.0 Å². The monoisotopic (exact) mass is 404 g/mol. The molecule has 0 bridgehead atoms. The maximum atomic E-state index is 12.2. The Labute approximate surface area is 176 Å². The standard InChI is InChI=1S/C24H24N2O4/c1-3-29-24(27)22-12-11-21(13-23(22)30-17-28-2)26-15-19(20(14-25)16-26)10-9-18-7-5-4-6-8-18/h4-8,11-13,15-16H,3,9-10,17H2,1-2H3. The molecule has 0 amide bonds. The van der Waals surface area contributed by atoms with E-state index in [0.29, 0.717) is 16.9 Å². The molecule has 0 radical (unpaired) electrons. The Morgan fingerprint density at radius 3 is 2.60 bits per heavy atom. The molecule has 3 rings (SSSR count). The lowest BCUT2D eigenvalue weighted by atomic mass is 10.0. The van der Waals surface area contributed by atoms with Crippen LogP contribution in [0.3, 0.4) is 0 Å². The number of hydrogen-bond donors (Lipinski definition) is 0. The predicted molar refractivity (Wildman–Crippen MR) is 113 cm³/mol. The van der Waals surface area contributed by atoms with E-state index in [-0.39, 0.29) is 13.4 Å². The molecule has 30 heavy (non-hydrogen) atoms. The summed E-state index contributed by atoms with van der Waals surface area (Å²) in [7, 11) is 1.51. The largest absolute Gasteiger partial charge is 0.467 e. The number of carbonyl (C=O) groups is 1. The zero-order valence-electron chi connectivity index (χ0n) is 17.1. The summed E-state index contributed by atoms with van der Waals surface area (Å²) < 4.78 is 17.5. The first-order chi connectivity index (χ1) is 14.7. The molecule has 0 saturated carbocycles. The molecule has 0 unspecified atom stereocenters. The molecule has 0 aliphatic rings. The minimum absolute atomic E-state index is 0.00725. The van der Waals surface area contributed by atoms with Crippen LogP contribution in [0.25, 0.3) is 5.69 Å². The number of rotatable bonds is 9. The highest BCUT2D eigenvalue weighted by Crippen LogP contribution is 2.26. The van der Waals surface area contributed by atoms with Crippen molar-refractivity contribution in [1.29, 1.82) is 5.26 Å². The summed E-state index contributed by atoms with van der Waals surface area (Å²) >= 11 is 0. The average molecular weight is 404 g/mol. The normalized spacial score (nSPS) is 10.4. The zero-order chi connectivity index (χ0) is 21.3. The number of carbonyl (C=O) groups excluding carboxylic acids is 1. The molecule has 0 atom stereocenters. The van der Waals surface area contributed by atoms with E-state index < -0.39 is 5.97 Å². The summed E-state index contributed by atoms with van der Waals surface area (Å²) in [5.74, 6) is -0.0882. The van der Waals surface area contributed by atoms with Gasteiger partial charge in [-0.15, -0.1) is 0 Å². The van der Waals surface area contributed by atoms with Crippen LogP contribution in [0.15, 0.2) is 60.9 Å². The number of methoxy groups -OCH3 is 1. The number of benzene rings is 2. The Hall–Kier alpha value is -3.56. The molecule has 6 heteroatoms. The molecule has 6 nitrogen and oxygen atoms in total. The molecular formula is C24H24N2O4. The van der Waals surface area contributed by atoms with Crippen molar-refractivity contribution in [1.82, 2.24) is 4.57 Å². The number of hydrogen-bond acceptors (Lipinski definition) is 5. The van der Waals surface area contributed by atoms with Crippen molar-refractivity contribution in [2.24, 2.45) is 0 Å². The highest BCUT2D eigenvalue weighted by atomic mass is 16.7. The van der Waals surface area contributed by atoms with E-state index in [0.717, 1.165) is 24.1 Å². The summed E-state index contributed by atoms with van der Waals surface area (Å²) in [5, 5.41) is 9.56. The van der Waals surface area contributed by atoms with Crippen molar-refractivity contribution >= 4 is 5.97 Å². The fourth-order valence-electron chi connectivity index (χ4n) is 3.16. The molecule has 0 fully saturated rings. The van der Waals surface area contributed by atoms with E-state index in [1.807, 2.05) is 29.0 Å². The second-order valence-corrected chi connectivity index (χ2v) is 6.65. The molecule has 0 saturated heterocycles. The Balaban J connectivity index is 1.88. The molecule has 0 N–H and O–H groups in total. The molecule has 1 heterocycles. The number of nitriles is 1. The minimum Gasteiger partial charge on any atom is -0.467 e. The maximum absolute atomic E-state index is 12.2. The van der Waals surface area contributed by atoms with E-state index in [4.69, 9.17) is 14.2 Å². The summed E-state index contributed by atoms with van der Waals surface area (Å²) in [6.07, 6.45) is 5.35.